The van der Waals surface area contributed by atoms with E-state index >= 15 is 0 Å². The predicted molar refractivity (Wildman–Crippen MR) is 60.9 cm³/mol. The van der Waals surface area contributed by atoms with Gasteiger partial charge in [0.25, 0.3) is 0 Å². The number of rotatable bonds is 5. The molecule has 1 atom stereocenters. The molecule has 0 radical (unpaired) electrons. The molecule has 0 saturated carbocycles. The third-order valence-electron chi connectivity index (χ3n) is 2.48. The number of hydrogen-bond donors (Lipinski definition) is 2. The van der Waals surface area contributed by atoms with Crippen LogP contribution in [-0.2, 0) is 0 Å². The predicted octanol–water partition coefficient (Wildman–Crippen LogP) is 1.61. The second kappa shape index (κ2) is 5.27. The molecular formula is C12H18FNO2. The van der Waals surface area contributed by atoms with Crippen LogP contribution in [-0.4, -0.2) is 23.9 Å². The van der Waals surface area contributed by atoms with E-state index in [2.05, 4.69) is 0 Å². The Morgan fingerprint density at radius 3 is 2.75 bits per heavy atom. The van der Waals surface area contributed by atoms with Gasteiger partial charge in [-0.2, -0.15) is 0 Å². The molecule has 0 heterocycles. The highest BCUT2D eigenvalue weighted by Crippen LogP contribution is 2.17. The molecule has 0 aliphatic rings. The highest BCUT2D eigenvalue weighted by molar-refractivity contribution is 5.28. The first-order valence-corrected chi connectivity index (χ1v) is 5.26. The quantitative estimate of drug-likeness (QED) is 0.803. The van der Waals surface area contributed by atoms with E-state index < -0.39 is 5.60 Å². The van der Waals surface area contributed by atoms with E-state index in [1.54, 1.807) is 26.0 Å². The Labute approximate surface area is 95.0 Å². The summed E-state index contributed by atoms with van der Waals surface area (Å²) in [5.74, 6) is 0.355. The molecule has 0 bridgehead atoms. The van der Waals surface area contributed by atoms with Crippen LogP contribution in [0.1, 0.15) is 18.9 Å². The van der Waals surface area contributed by atoms with Crippen molar-refractivity contribution in [3.05, 3.63) is 29.6 Å². The highest BCUT2D eigenvalue weighted by atomic mass is 19.1. The summed E-state index contributed by atoms with van der Waals surface area (Å²) in [5, 5.41) is 9.63. The normalized spacial score (nSPS) is 14.6. The summed E-state index contributed by atoms with van der Waals surface area (Å²) in [6.45, 7) is 3.89. The zero-order chi connectivity index (χ0) is 12.2. The van der Waals surface area contributed by atoms with Gasteiger partial charge in [0.15, 0.2) is 0 Å². The maximum atomic E-state index is 13.0. The molecule has 16 heavy (non-hydrogen) atoms. The van der Waals surface area contributed by atoms with Crippen molar-refractivity contribution in [3.63, 3.8) is 0 Å². The van der Waals surface area contributed by atoms with E-state index in [-0.39, 0.29) is 12.4 Å². The number of halogens is 1. The van der Waals surface area contributed by atoms with Crippen LogP contribution in [0.15, 0.2) is 18.2 Å². The van der Waals surface area contributed by atoms with E-state index in [9.17, 15) is 9.50 Å². The molecule has 0 spiro atoms. The summed E-state index contributed by atoms with van der Waals surface area (Å²) < 4.78 is 18.3. The van der Waals surface area contributed by atoms with Gasteiger partial charge in [0, 0.05) is 13.0 Å². The lowest BCUT2D eigenvalue weighted by atomic mass is 10.0. The van der Waals surface area contributed by atoms with Crippen molar-refractivity contribution in [2.75, 3.05) is 13.2 Å². The Hall–Kier alpha value is -1.13. The van der Waals surface area contributed by atoms with E-state index in [4.69, 9.17) is 10.5 Å². The number of hydrogen-bond acceptors (Lipinski definition) is 3. The molecule has 0 fully saturated rings. The van der Waals surface area contributed by atoms with Gasteiger partial charge in [-0.15, -0.1) is 0 Å². The lowest BCUT2D eigenvalue weighted by Gasteiger charge is -2.20. The van der Waals surface area contributed by atoms with Gasteiger partial charge in [0.1, 0.15) is 11.6 Å². The van der Waals surface area contributed by atoms with Crippen molar-refractivity contribution in [2.24, 2.45) is 5.73 Å². The summed E-state index contributed by atoms with van der Waals surface area (Å²) in [5.41, 5.74) is 5.01. The summed E-state index contributed by atoms with van der Waals surface area (Å²) in [6, 6.07) is 4.57. The van der Waals surface area contributed by atoms with Crippen molar-refractivity contribution < 1.29 is 14.2 Å². The van der Waals surface area contributed by atoms with Gasteiger partial charge in [0.2, 0.25) is 0 Å². The van der Waals surface area contributed by atoms with Gasteiger partial charge in [-0.3, -0.25) is 0 Å². The Morgan fingerprint density at radius 2 is 2.19 bits per heavy atom. The minimum Gasteiger partial charge on any atom is -0.493 e. The van der Waals surface area contributed by atoms with Crippen LogP contribution in [0, 0.1) is 12.7 Å². The maximum Gasteiger partial charge on any atom is 0.126 e. The standard InChI is InChI=1S/C12H18FNO2/c1-9-7-10(3-4-11(9)13)16-6-5-12(2,15)8-14/h3-4,7,15H,5-6,8,14H2,1-2H3. The average Bonchev–Trinajstić information content (AvgIpc) is 2.23. The molecule has 0 saturated heterocycles. The lowest BCUT2D eigenvalue weighted by Crippen LogP contribution is -2.35. The van der Waals surface area contributed by atoms with Gasteiger partial charge in [-0.25, -0.2) is 4.39 Å². The van der Waals surface area contributed by atoms with Crippen molar-refractivity contribution in [2.45, 2.75) is 25.9 Å². The van der Waals surface area contributed by atoms with Gasteiger partial charge in [0.05, 0.1) is 12.2 Å². The Balaban J connectivity index is 2.46. The lowest BCUT2D eigenvalue weighted by molar-refractivity contribution is 0.0453. The molecule has 0 amide bonds. The molecule has 3 nitrogen and oxygen atoms in total. The number of aryl methyl sites for hydroxylation is 1. The summed E-state index contributed by atoms with van der Waals surface area (Å²) in [4.78, 5) is 0. The Bertz CT molecular complexity index is 353. The smallest absolute Gasteiger partial charge is 0.126 e. The number of ether oxygens (including phenoxy) is 1. The molecular weight excluding hydrogens is 209 g/mol. The molecule has 3 N–H and O–H groups in total. The molecule has 0 aromatic heterocycles. The van der Waals surface area contributed by atoms with Crippen LogP contribution in [0.4, 0.5) is 4.39 Å². The Morgan fingerprint density at radius 1 is 1.50 bits per heavy atom. The molecule has 0 aliphatic carbocycles. The van der Waals surface area contributed by atoms with Crippen LogP contribution < -0.4 is 10.5 Å². The highest BCUT2D eigenvalue weighted by Gasteiger charge is 2.17. The fourth-order valence-electron chi connectivity index (χ4n) is 1.20. The fraction of sp³-hybridized carbons (Fsp3) is 0.500. The molecule has 1 unspecified atom stereocenters. The zero-order valence-corrected chi connectivity index (χ0v) is 9.66. The van der Waals surface area contributed by atoms with Gasteiger partial charge in [-0.1, -0.05) is 0 Å². The van der Waals surface area contributed by atoms with E-state index in [0.717, 1.165) is 0 Å². The molecule has 90 valence electrons. The number of nitrogens with two attached hydrogens (primary N) is 1. The topological polar surface area (TPSA) is 55.5 Å². The minimum atomic E-state index is -0.908. The largest absolute Gasteiger partial charge is 0.493 e. The minimum absolute atomic E-state index is 0.193. The summed E-state index contributed by atoms with van der Waals surface area (Å²) in [7, 11) is 0. The van der Waals surface area contributed by atoms with Crippen molar-refractivity contribution in [1.82, 2.24) is 0 Å². The maximum absolute atomic E-state index is 13.0. The van der Waals surface area contributed by atoms with Gasteiger partial charge >= 0.3 is 0 Å². The summed E-state index contributed by atoms with van der Waals surface area (Å²) >= 11 is 0. The van der Waals surface area contributed by atoms with Gasteiger partial charge < -0.3 is 15.6 Å². The molecule has 0 aliphatic heterocycles. The SMILES string of the molecule is Cc1cc(OCCC(C)(O)CN)ccc1F. The zero-order valence-electron chi connectivity index (χ0n) is 9.66. The van der Waals surface area contributed by atoms with Crippen molar-refractivity contribution in [3.8, 4) is 5.75 Å². The summed E-state index contributed by atoms with van der Waals surface area (Å²) in [6.07, 6.45) is 0.444. The third-order valence-corrected chi connectivity index (χ3v) is 2.48. The van der Waals surface area contributed by atoms with E-state index in [1.165, 1.54) is 6.07 Å². The van der Waals surface area contributed by atoms with E-state index in [1.807, 2.05) is 0 Å². The number of benzene rings is 1. The van der Waals surface area contributed by atoms with Crippen LogP contribution in [0.3, 0.4) is 0 Å². The first-order valence-electron chi connectivity index (χ1n) is 5.26. The molecule has 1 aromatic carbocycles. The Kier molecular flexibility index (Phi) is 4.26. The van der Waals surface area contributed by atoms with Crippen molar-refractivity contribution >= 4 is 0 Å². The fourth-order valence-corrected chi connectivity index (χ4v) is 1.20. The molecule has 4 heteroatoms. The van der Waals surface area contributed by atoms with Crippen LogP contribution in [0.25, 0.3) is 0 Å². The first-order chi connectivity index (χ1) is 7.44. The second-order valence-electron chi connectivity index (χ2n) is 4.21. The first kappa shape index (κ1) is 12.9. The van der Waals surface area contributed by atoms with Crippen LogP contribution in [0.2, 0.25) is 0 Å². The molecule has 1 rings (SSSR count). The van der Waals surface area contributed by atoms with Crippen LogP contribution >= 0.6 is 0 Å². The molecule has 1 aromatic rings. The number of aliphatic hydroxyl groups is 1. The van der Waals surface area contributed by atoms with Crippen molar-refractivity contribution in [1.29, 1.82) is 0 Å². The third kappa shape index (κ3) is 3.79. The second-order valence-corrected chi connectivity index (χ2v) is 4.21. The van der Waals surface area contributed by atoms with E-state index in [0.29, 0.717) is 24.3 Å². The average molecular weight is 227 g/mol. The van der Waals surface area contributed by atoms with Gasteiger partial charge in [-0.05, 0) is 37.6 Å². The monoisotopic (exact) mass is 227 g/mol. The van der Waals surface area contributed by atoms with Crippen LogP contribution in [0.5, 0.6) is 5.75 Å².